The van der Waals surface area contributed by atoms with E-state index < -0.39 is 0 Å². The highest BCUT2D eigenvalue weighted by Crippen LogP contribution is 2.10. The van der Waals surface area contributed by atoms with Crippen molar-refractivity contribution in [3.05, 3.63) is 95.1 Å². The topological polar surface area (TPSA) is 29.0 Å². The van der Waals surface area contributed by atoms with Gasteiger partial charge in [0.2, 0.25) is 0 Å². The van der Waals surface area contributed by atoms with Crippen LogP contribution in [0.25, 0.3) is 0 Å². The van der Waals surface area contributed by atoms with Crippen LogP contribution in [0.1, 0.15) is 28.3 Å². The van der Waals surface area contributed by atoms with Crippen LogP contribution in [0.15, 0.2) is 66.7 Å². The molecule has 0 aliphatic rings. The molecule has 0 spiro atoms. The molecule has 3 aromatic rings. The first-order chi connectivity index (χ1) is 12.2. The smallest absolute Gasteiger partial charge is 0.0547 e. The Bertz CT molecular complexity index is 752. The molecule has 0 aliphatic heterocycles. The third-order valence-corrected chi connectivity index (χ3v) is 4.22. The van der Waals surface area contributed by atoms with E-state index in [0.717, 1.165) is 48.8 Å². The zero-order valence-electron chi connectivity index (χ0n) is 15.0. The van der Waals surface area contributed by atoms with Gasteiger partial charge in [0, 0.05) is 31.0 Å². The lowest BCUT2D eigenvalue weighted by Crippen LogP contribution is -2.26. The Hall–Kier alpha value is -2.52. The molecular formula is C22H25N3. The zero-order valence-corrected chi connectivity index (χ0v) is 15.0. The zero-order chi connectivity index (χ0) is 17.5. The lowest BCUT2D eigenvalue weighted by Gasteiger charge is -2.22. The molecule has 0 amide bonds. The van der Waals surface area contributed by atoms with Crippen LogP contribution in [0.2, 0.25) is 0 Å². The number of aromatic nitrogens is 2. The summed E-state index contributed by atoms with van der Waals surface area (Å²) < 4.78 is 0. The van der Waals surface area contributed by atoms with Gasteiger partial charge in [-0.15, -0.1) is 0 Å². The fourth-order valence-corrected chi connectivity index (χ4v) is 2.98. The van der Waals surface area contributed by atoms with E-state index in [1.54, 1.807) is 0 Å². The normalized spacial score (nSPS) is 11.0. The summed E-state index contributed by atoms with van der Waals surface area (Å²) in [6.45, 7) is 6.74. The van der Waals surface area contributed by atoms with Crippen LogP contribution in [0.3, 0.4) is 0 Å². The van der Waals surface area contributed by atoms with Crippen molar-refractivity contribution in [2.24, 2.45) is 0 Å². The molecule has 0 radical (unpaired) electrons. The van der Waals surface area contributed by atoms with E-state index in [4.69, 9.17) is 0 Å². The van der Waals surface area contributed by atoms with E-state index in [2.05, 4.69) is 69.5 Å². The maximum Gasteiger partial charge on any atom is 0.0547 e. The second kappa shape index (κ2) is 8.54. The lowest BCUT2D eigenvalue weighted by molar-refractivity contribution is 0.253. The van der Waals surface area contributed by atoms with Crippen molar-refractivity contribution in [1.82, 2.24) is 14.9 Å². The van der Waals surface area contributed by atoms with Crippen LogP contribution < -0.4 is 0 Å². The second-order valence-corrected chi connectivity index (χ2v) is 6.49. The molecule has 3 nitrogen and oxygen atoms in total. The number of benzene rings is 1. The summed E-state index contributed by atoms with van der Waals surface area (Å²) in [5.41, 5.74) is 5.71. The van der Waals surface area contributed by atoms with E-state index in [1.807, 2.05) is 26.0 Å². The number of nitrogens with zero attached hydrogens (tertiary/aromatic N) is 3. The highest BCUT2D eigenvalue weighted by atomic mass is 15.1. The summed E-state index contributed by atoms with van der Waals surface area (Å²) in [5.74, 6) is 0. The van der Waals surface area contributed by atoms with Gasteiger partial charge in [-0.2, -0.15) is 0 Å². The fourth-order valence-electron chi connectivity index (χ4n) is 2.98. The van der Waals surface area contributed by atoms with E-state index in [-0.39, 0.29) is 0 Å². The van der Waals surface area contributed by atoms with Gasteiger partial charge in [-0.3, -0.25) is 14.9 Å². The monoisotopic (exact) mass is 331 g/mol. The van der Waals surface area contributed by atoms with E-state index >= 15 is 0 Å². The van der Waals surface area contributed by atoms with Crippen LogP contribution in [0, 0.1) is 13.8 Å². The van der Waals surface area contributed by atoms with Crippen LogP contribution >= 0.6 is 0 Å². The highest BCUT2D eigenvalue weighted by molar-refractivity contribution is 5.16. The predicted molar refractivity (Wildman–Crippen MR) is 102 cm³/mol. The number of rotatable bonds is 7. The average Bonchev–Trinajstić information content (AvgIpc) is 2.61. The molecule has 3 heteroatoms. The Morgan fingerprint density at radius 3 is 1.76 bits per heavy atom. The first kappa shape index (κ1) is 17.3. The lowest BCUT2D eigenvalue weighted by atomic mass is 10.1. The molecule has 0 N–H and O–H groups in total. The van der Waals surface area contributed by atoms with Crippen molar-refractivity contribution in [2.75, 3.05) is 6.54 Å². The minimum atomic E-state index is 0.837. The van der Waals surface area contributed by atoms with Gasteiger partial charge in [0.05, 0.1) is 11.4 Å². The molecule has 0 aliphatic carbocycles. The summed E-state index contributed by atoms with van der Waals surface area (Å²) in [6.07, 6.45) is 1.03. The molecule has 0 atom stereocenters. The van der Waals surface area contributed by atoms with Crippen molar-refractivity contribution in [2.45, 2.75) is 33.4 Å². The molecule has 0 unspecified atom stereocenters. The minimum Gasteiger partial charge on any atom is -0.291 e. The average molecular weight is 331 g/mol. The molecule has 1 aromatic carbocycles. The Morgan fingerprint density at radius 2 is 1.24 bits per heavy atom. The first-order valence-corrected chi connectivity index (χ1v) is 8.80. The molecule has 25 heavy (non-hydrogen) atoms. The number of hydrogen-bond acceptors (Lipinski definition) is 3. The molecule has 0 saturated carbocycles. The molecule has 3 rings (SSSR count). The van der Waals surface area contributed by atoms with Gasteiger partial charge in [-0.1, -0.05) is 42.5 Å². The molecule has 0 bridgehead atoms. The highest BCUT2D eigenvalue weighted by Gasteiger charge is 2.10. The fraction of sp³-hybridized carbons (Fsp3) is 0.273. The van der Waals surface area contributed by atoms with Gasteiger partial charge in [-0.25, -0.2) is 0 Å². The van der Waals surface area contributed by atoms with Gasteiger partial charge in [-0.05, 0) is 50.1 Å². The van der Waals surface area contributed by atoms with Crippen LogP contribution in [-0.2, 0) is 19.5 Å². The third kappa shape index (κ3) is 5.50. The van der Waals surface area contributed by atoms with Gasteiger partial charge in [0.15, 0.2) is 0 Å². The molecular weight excluding hydrogens is 306 g/mol. The summed E-state index contributed by atoms with van der Waals surface area (Å²) >= 11 is 0. The van der Waals surface area contributed by atoms with Crippen LogP contribution in [0.4, 0.5) is 0 Å². The standard InChI is InChI=1S/C22H25N3/c1-18-8-6-12-21(23-18)16-25(15-14-20-10-4-3-5-11-20)17-22-13-7-9-19(2)24-22/h3-13H,14-17H2,1-2H3. The quantitative estimate of drug-likeness (QED) is 0.645. The summed E-state index contributed by atoms with van der Waals surface area (Å²) in [6, 6.07) is 23.1. The predicted octanol–water partition coefficient (Wildman–Crippen LogP) is 4.34. The second-order valence-electron chi connectivity index (χ2n) is 6.49. The number of hydrogen-bond donors (Lipinski definition) is 0. The maximum absolute atomic E-state index is 4.67. The first-order valence-electron chi connectivity index (χ1n) is 8.80. The number of aryl methyl sites for hydroxylation is 2. The summed E-state index contributed by atoms with van der Waals surface area (Å²) in [7, 11) is 0. The van der Waals surface area contributed by atoms with E-state index in [1.165, 1.54) is 5.56 Å². The molecule has 2 aromatic heterocycles. The maximum atomic E-state index is 4.67. The molecule has 2 heterocycles. The Labute approximate surface area is 150 Å². The summed E-state index contributed by atoms with van der Waals surface area (Å²) in [5, 5.41) is 0. The Kier molecular flexibility index (Phi) is 5.91. The van der Waals surface area contributed by atoms with Crippen LogP contribution in [-0.4, -0.2) is 21.4 Å². The van der Waals surface area contributed by atoms with Crippen molar-refractivity contribution < 1.29 is 0 Å². The SMILES string of the molecule is Cc1cccc(CN(CCc2ccccc2)Cc2cccc(C)n2)n1. The molecule has 0 saturated heterocycles. The van der Waals surface area contributed by atoms with Crippen LogP contribution in [0.5, 0.6) is 0 Å². The number of pyridine rings is 2. The van der Waals surface area contributed by atoms with Crippen molar-refractivity contribution >= 4 is 0 Å². The summed E-state index contributed by atoms with van der Waals surface area (Å²) in [4.78, 5) is 11.8. The molecule has 128 valence electrons. The third-order valence-electron chi connectivity index (χ3n) is 4.22. The largest absolute Gasteiger partial charge is 0.291 e. The van der Waals surface area contributed by atoms with E-state index in [0.29, 0.717) is 0 Å². The van der Waals surface area contributed by atoms with Gasteiger partial charge >= 0.3 is 0 Å². The van der Waals surface area contributed by atoms with Gasteiger partial charge in [0.1, 0.15) is 0 Å². The van der Waals surface area contributed by atoms with Crippen molar-refractivity contribution in [3.63, 3.8) is 0 Å². The van der Waals surface area contributed by atoms with Gasteiger partial charge < -0.3 is 0 Å². The van der Waals surface area contributed by atoms with Crippen molar-refractivity contribution in [1.29, 1.82) is 0 Å². The van der Waals surface area contributed by atoms with E-state index in [9.17, 15) is 0 Å². The minimum absolute atomic E-state index is 0.837. The van der Waals surface area contributed by atoms with Gasteiger partial charge in [0.25, 0.3) is 0 Å². The molecule has 0 fully saturated rings. The Morgan fingerprint density at radius 1 is 0.680 bits per heavy atom. The van der Waals surface area contributed by atoms with Crippen molar-refractivity contribution in [3.8, 4) is 0 Å². The Balaban J connectivity index is 1.72.